The van der Waals surface area contributed by atoms with Gasteiger partial charge in [-0.05, 0) is 11.1 Å². The summed E-state index contributed by atoms with van der Waals surface area (Å²) in [5.41, 5.74) is 2.40. The minimum absolute atomic E-state index is 0.0188. The van der Waals surface area contributed by atoms with Gasteiger partial charge in [-0.2, -0.15) is 0 Å². The maximum Gasteiger partial charge on any atom is 0.104 e. The first-order valence-electron chi connectivity index (χ1n) is 7.51. The molecule has 2 heteroatoms. The van der Waals surface area contributed by atoms with Crippen molar-refractivity contribution in [3.8, 4) is 0 Å². The van der Waals surface area contributed by atoms with E-state index >= 15 is 0 Å². The molecule has 0 aliphatic carbocycles. The largest absolute Gasteiger partial charge is 0.371 e. The Kier molecular flexibility index (Phi) is 4.09. The number of ether oxygens (including phenoxy) is 2. The van der Waals surface area contributed by atoms with Crippen LogP contribution in [0, 0.1) is 0 Å². The van der Waals surface area contributed by atoms with Crippen molar-refractivity contribution in [3.05, 3.63) is 71.8 Å². The van der Waals surface area contributed by atoms with Crippen molar-refractivity contribution in [2.75, 3.05) is 13.2 Å². The van der Waals surface area contributed by atoms with Crippen molar-refractivity contribution < 1.29 is 9.47 Å². The molecule has 110 valence electrons. The van der Waals surface area contributed by atoms with E-state index in [1.54, 1.807) is 0 Å². The molecule has 2 aromatic carbocycles. The lowest BCUT2D eigenvalue weighted by atomic mass is 9.76. The van der Waals surface area contributed by atoms with E-state index in [9.17, 15) is 0 Å². The highest BCUT2D eigenvalue weighted by atomic mass is 16.6. The smallest absolute Gasteiger partial charge is 0.104 e. The zero-order valence-electron chi connectivity index (χ0n) is 12.7. The summed E-state index contributed by atoms with van der Waals surface area (Å²) in [6.45, 7) is 5.98. The van der Waals surface area contributed by atoms with Gasteiger partial charge < -0.3 is 9.47 Å². The fourth-order valence-electron chi connectivity index (χ4n) is 2.74. The van der Waals surface area contributed by atoms with E-state index in [4.69, 9.17) is 9.47 Å². The molecular weight excluding hydrogens is 260 g/mol. The maximum absolute atomic E-state index is 6.25. The number of hydrogen-bond acceptors (Lipinski definition) is 2. The van der Waals surface area contributed by atoms with Gasteiger partial charge in [0.1, 0.15) is 6.10 Å². The van der Waals surface area contributed by atoms with E-state index in [2.05, 4.69) is 68.4 Å². The van der Waals surface area contributed by atoms with Crippen molar-refractivity contribution in [1.82, 2.24) is 0 Å². The normalized spacial score (nSPS) is 19.2. The number of rotatable bonds is 6. The summed E-state index contributed by atoms with van der Waals surface area (Å²) in [6.07, 6.45) is 0.299. The molecule has 0 radical (unpaired) electrons. The maximum atomic E-state index is 6.25. The van der Waals surface area contributed by atoms with Crippen LogP contribution in [0.5, 0.6) is 0 Å². The Hall–Kier alpha value is -1.64. The first-order valence-corrected chi connectivity index (χ1v) is 7.51. The molecule has 3 rings (SSSR count). The summed E-state index contributed by atoms with van der Waals surface area (Å²) < 4.78 is 11.5. The van der Waals surface area contributed by atoms with E-state index in [-0.39, 0.29) is 17.6 Å². The average Bonchev–Trinajstić information content (AvgIpc) is 3.33. The Labute approximate surface area is 126 Å². The lowest BCUT2D eigenvalue weighted by Gasteiger charge is -2.35. The van der Waals surface area contributed by atoms with Crippen LogP contribution in [0.15, 0.2) is 60.7 Å². The van der Waals surface area contributed by atoms with Gasteiger partial charge in [0.2, 0.25) is 0 Å². The predicted octanol–water partition coefficient (Wildman–Crippen LogP) is 4.12. The molecule has 0 bridgehead atoms. The van der Waals surface area contributed by atoms with E-state index in [1.807, 2.05) is 6.07 Å². The lowest BCUT2D eigenvalue weighted by Crippen LogP contribution is -2.30. The van der Waals surface area contributed by atoms with Gasteiger partial charge in [-0.3, -0.25) is 0 Å². The van der Waals surface area contributed by atoms with E-state index in [0.717, 1.165) is 6.61 Å². The van der Waals surface area contributed by atoms with Gasteiger partial charge >= 0.3 is 0 Å². The highest BCUT2D eigenvalue weighted by molar-refractivity contribution is 5.30. The summed E-state index contributed by atoms with van der Waals surface area (Å²) in [7, 11) is 0. The molecule has 0 spiro atoms. The molecule has 1 aliphatic rings. The summed E-state index contributed by atoms with van der Waals surface area (Å²) >= 11 is 0. The molecule has 0 amide bonds. The summed E-state index contributed by atoms with van der Waals surface area (Å²) in [6, 6.07) is 21.0. The molecule has 0 saturated carbocycles. The average molecular weight is 282 g/mol. The third kappa shape index (κ3) is 3.34. The summed E-state index contributed by atoms with van der Waals surface area (Å²) in [5, 5.41) is 0. The van der Waals surface area contributed by atoms with Crippen LogP contribution < -0.4 is 0 Å². The van der Waals surface area contributed by atoms with Gasteiger partial charge in [0, 0.05) is 5.41 Å². The van der Waals surface area contributed by atoms with Gasteiger partial charge in [0.15, 0.2) is 0 Å². The molecule has 1 heterocycles. The zero-order valence-corrected chi connectivity index (χ0v) is 12.7. The molecule has 2 atom stereocenters. The first-order chi connectivity index (χ1) is 10.2. The molecule has 21 heavy (non-hydrogen) atoms. The molecule has 2 aromatic rings. The standard InChI is InChI=1S/C19H22O2/c1-19(2,16-11-7-4-8-12-16)18(21-14-17-13-20-17)15-9-5-3-6-10-15/h3-12,17-18H,13-14H2,1-2H3. The molecule has 1 fully saturated rings. The molecule has 0 N–H and O–H groups in total. The van der Waals surface area contributed by atoms with Gasteiger partial charge in [-0.15, -0.1) is 0 Å². The zero-order chi connectivity index (χ0) is 14.7. The van der Waals surface area contributed by atoms with Crippen molar-refractivity contribution in [1.29, 1.82) is 0 Å². The van der Waals surface area contributed by atoms with Crippen molar-refractivity contribution >= 4 is 0 Å². The molecule has 1 saturated heterocycles. The third-order valence-electron chi connectivity index (χ3n) is 4.13. The number of hydrogen-bond donors (Lipinski definition) is 0. The van der Waals surface area contributed by atoms with E-state index < -0.39 is 0 Å². The monoisotopic (exact) mass is 282 g/mol. The fraction of sp³-hybridized carbons (Fsp3) is 0.368. The topological polar surface area (TPSA) is 21.8 Å². The van der Waals surface area contributed by atoms with Crippen molar-refractivity contribution in [2.45, 2.75) is 31.5 Å². The highest BCUT2D eigenvalue weighted by Crippen LogP contribution is 2.39. The minimum Gasteiger partial charge on any atom is -0.371 e. The van der Waals surface area contributed by atoms with Crippen LogP contribution in [-0.2, 0) is 14.9 Å². The van der Waals surface area contributed by atoms with Gasteiger partial charge in [0.25, 0.3) is 0 Å². The van der Waals surface area contributed by atoms with Crippen LogP contribution in [0.1, 0.15) is 31.1 Å². The number of epoxide rings is 1. The van der Waals surface area contributed by atoms with Crippen LogP contribution in [0.2, 0.25) is 0 Å². The van der Waals surface area contributed by atoms with Crippen LogP contribution in [0.4, 0.5) is 0 Å². The second-order valence-electron chi connectivity index (χ2n) is 6.17. The summed E-state index contributed by atoms with van der Waals surface area (Å²) in [5.74, 6) is 0. The second-order valence-corrected chi connectivity index (χ2v) is 6.17. The van der Waals surface area contributed by atoms with Gasteiger partial charge in [-0.1, -0.05) is 74.5 Å². The Morgan fingerprint density at radius 1 is 1.05 bits per heavy atom. The Morgan fingerprint density at radius 3 is 2.19 bits per heavy atom. The second kappa shape index (κ2) is 6.00. The Bertz CT molecular complexity index is 559. The molecular formula is C19H22O2. The molecule has 1 aliphatic heterocycles. The lowest BCUT2D eigenvalue weighted by molar-refractivity contribution is -0.00255. The Balaban J connectivity index is 1.89. The van der Waals surface area contributed by atoms with E-state index in [0.29, 0.717) is 6.61 Å². The minimum atomic E-state index is -0.0997. The molecule has 2 unspecified atom stereocenters. The van der Waals surface area contributed by atoms with Crippen LogP contribution in [0.3, 0.4) is 0 Å². The van der Waals surface area contributed by atoms with Crippen molar-refractivity contribution in [2.24, 2.45) is 0 Å². The van der Waals surface area contributed by atoms with Crippen LogP contribution in [0.25, 0.3) is 0 Å². The fourth-order valence-corrected chi connectivity index (χ4v) is 2.74. The molecule has 2 nitrogen and oxygen atoms in total. The third-order valence-corrected chi connectivity index (χ3v) is 4.13. The van der Waals surface area contributed by atoms with Crippen LogP contribution in [-0.4, -0.2) is 19.3 Å². The summed E-state index contributed by atoms with van der Waals surface area (Å²) in [4.78, 5) is 0. The van der Waals surface area contributed by atoms with Crippen LogP contribution >= 0.6 is 0 Å². The first kappa shape index (κ1) is 14.3. The van der Waals surface area contributed by atoms with Crippen molar-refractivity contribution in [3.63, 3.8) is 0 Å². The highest BCUT2D eigenvalue weighted by Gasteiger charge is 2.35. The predicted molar refractivity (Wildman–Crippen MR) is 84.3 cm³/mol. The SMILES string of the molecule is CC(C)(c1ccccc1)C(OCC1CO1)c1ccccc1. The Morgan fingerprint density at radius 2 is 1.62 bits per heavy atom. The quantitative estimate of drug-likeness (QED) is 0.743. The molecule has 0 aromatic heterocycles. The van der Waals surface area contributed by atoms with Gasteiger partial charge in [-0.25, -0.2) is 0 Å². The van der Waals surface area contributed by atoms with E-state index in [1.165, 1.54) is 11.1 Å². The number of benzene rings is 2. The van der Waals surface area contributed by atoms with Gasteiger partial charge in [0.05, 0.1) is 19.3 Å².